The average Bonchev–Trinajstić information content (AvgIpc) is 3.16. The van der Waals surface area contributed by atoms with Gasteiger partial charge in [0, 0.05) is 9.79 Å². The van der Waals surface area contributed by atoms with Crippen molar-refractivity contribution in [1.82, 2.24) is 4.98 Å². The van der Waals surface area contributed by atoms with Crippen molar-refractivity contribution in [3.05, 3.63) is 78.4 Å². The van der Waals surface area contributed by atoms with Crippen LogP contribution in [0.3, 0.4) is 0 Å². The Morgan fingerprint density at radius 2 is 1.70 bits per heavy atom. The summed E-state index contributed by atoms with van der Waals surface area (Å²) in [6, 6.07) is 21.4. The van der Waals surface area contributed by atoms with E-state index < -0.39 is 16.8 Å². The number of nitrogens with zero attached hydrogens (tertiary/aromatic N) is 1. The van der Waals surface area contributed by atoms with Gasteiger partial charge < -0.3 is 9.15 Å². The summed E-state index contributed by atoms with van der Waals surface area (Å²) in [6.45, 7) is 0. The standard InChI is InChI=1S/C21H15NO4S/c1-25-21(23)17-10-6-5-9-16(17)20-22-18-12-11-15(13-19(18)26-20)27(24)14-7-3-2-4-8-14/h2-13H,1H3. The Labute approximate surface area is 158 Å². The minimum Gasteiger partial charge on any atom is -0.465 e. The molecule has 4 aromatic rings. The lowest BCUT2D eigenvalue weighted by molar-refractivity contribution is 0.0601. The van der Waals surface area contributed by atoms with Gasteiger partial charge in [-0.25, -0.2) is 14.0 Å². The molecule has 0 spiro atoms. The summed E-state index contributed by atoms with van der Waals surface area (Å²) in [5.74, 6) is -0.146. The molecule has 0 aliphatic carbocycles. The first-order chi connectivity index (χ1) is 13.2. The van der Waals surface area contributed by atoms with Crippen LogP contribution in [0.2, 0.25) is 0 Å². The molecule has 0 saturated carbocycles. The second-order valence-corrected chi connectivity index (χ2v) is 7.25. The maximum atomic E-state index is 12.7. The van der Waals surface area contributed by atoms with E-state index in [1.165, 1.54) is 7.11 Å². The van der Waals surface area contributed by atoms with Gasteiger partial charge in [-0.1, -0.05) is 30.3 Å². The molecule has 27 heavy (non-hydrogen) atoms. The highest BCUT2D eigenvalue weighted by Crippen LogP contribution is 2.29. The number of carbonyl (C=O) groups is 1. The Morgan fingerprint density at radius 1 is 0.963 bits per heavy atom. The second-order valence-electron chi connectivity index (χ2n) is 5.77. The third-order valence-corrected chi connectivity index (χ3v) is 5.48. The number of fused-ring (bicyclic) bond motifs is 1. The van der Waals surface area contributed by atoms with Crippen molar-refractivity contribution in [2.75, 3.05) is 7.11 Å². The number of methoxy groups -OCH3 is 1. The van der Waals surface area contributed by atoms with E-state index in [1.54, 1.807) is 42.5 Å². The third-order valence-electron chi connectivity index (χ3n) is 4.09. The molecule has 5 nitrogen and oxygen atoms in total. The summed E-state index contributed by atoms with van der Waals surface area (Å²) in [5.41, 5.74) is 2.05. The van der Waals surface area contributed by atoms with Crippen molar-refractivity contribution in [2.24, 2.45) is 0 Å². The highest BCUT2D eigenvalue weighted by molar-refractivity contribution is 7.85. The maximum absolute atomic E-state index is 12.7. The summed E-state index contributed by atoms with van der Waals surface area (Å²) in [4.78, 5) is 17.8. The molecule has 1 unspecified atom stereocenters. The van der Waals surface area contributed by atoms with Crippen molar-refractivity contribution < 1.29 is 18.2 Å². The fraction of sp³-hybridized carbons (Fsp3) is 0.0476. The van der Waals surface area contributed by atoms with E-state index in [2.05, 4.69) is 4.98 Å². The van der Waals surface area contributed by atoms with Gasteiger partial charge in [0.05, 0.1) is 29.0 Å². The summed E-state index contributed by atoms with van der Waals surface area (Å²) in [6.07, 6.45) is 0. The van der Waals surface area contributed by atoms with Crippen LogP contribution in [0.25, 0.3) is 22.6 Å². The van der Waals surface area contributed by atoms with E-state index >= 15 is 0 Å². The third kappa shape index (κ3) is 3.27. The van der Waals surface area contributed by atoms with E-state index in [-0.39, 0.29) is 0 Å². The fourth-order valence-corrected chi connectivity index (χ4v) is 3.86. The zero-order valence-electron chi connectivity index (χ0n) is 14.4. The first-order valence-electron chi connectivity index (χ1n) is 8.22. The summed E-state index contributed by atoms with van der Waals surface area (Å²) in [5, 5.41) is 0. The number of carbonyl (C=O) groups excluding carboxylic acids is 1. The predicted octanol–water partition coefficient (Wildman–Crippen LogP) is 4.45. The molecule has 0 saturated heterocycles. The first kappa shape index (κ1) is 17.2. The van der Waals surface area contributed by atoms with E-state index in [4.69, 9.17) is 9.15 Å². The lowest BCUT2D eigenvalue weighted by Gasteiger charge is -2.03. The van der Waals surface area contributed by atoms with Gasteiger partial charge in [-0.15, -0.1) is 0 Å². The van der Waals surface area contributed by atoms with Gasteiger partial charge in [-0.05, 0) is 42.5 Å². The molecule has 4 rings (SSSR count). The number of rotatable bonds is 4. The van der Waals surface area contributed by atoms with Crippen LogP contribution in [0.1, 0.15) is 10.4 Å². The number of hydrogen-bond acceptors (Lipinski definition) is 5. The molecule has 1 aromatic heterocycles. The molecule has 134 valence electrons. The Balaban J connectivity index is 1.77. The van der Waals surface area contributed by atoms with Crippen LogP contribution in [0.15, 0.2) is 87.0 Å². The number of esters is 1. The van der Waals surface area contributed by atoms with Crippen molar-refractivity contribution in [3.8, 4) is 11.5 Å². The molecular weight excluding hydrogens is 362 g/mol. The number of aromatic nitrogens is 1. The van der Waals surface area contributed by atoms with E-state index in [1.807, 2.05) is 30.3 Å². The van der Waals surface area contributed by atoms with Crippen molar-refractivity contribution in [1.29, 1.82) is 0 Å². The van der Waals surface area contributed by atoms with Gasteiger partial charge >= 0.3 is 5.97 Å². The molecule has 0 aliphatic heterocycles. The summed E-state index contributed by atoms with van der Waals surface area (Å²) in [7, 11) is 0.0166. The number of oxazole rings is 1. The highest BCUT2D eigenvalue weighted by Gasteiger charge is 2.18. The first-order valence-corrected chi connectivity index (χ1v) is 9.37. The van der Waals surface area contributed by atoms with Crippen LogP contribution in [0, 0.1) is 0 Å². The Morgan fingerprint density at radius 3 is 2.48 bits per heavy atom. The van der Waals surface area contributed by atoms with Crippen molar-refractivity contribution in [2.45, 2.75) is 9.79 Å². The van der Waals surface area contributed by atoms with E-state index in [9.17, 15) is 9.00 Å². The smallest absolute Gasteiger partial charge is 0.338 e. The predicted molar refractivity (Wildman–Crippen MR) is 102 cm³/mol. The summed E-state index contributed by atoms with van der Waals surface area (Å²) < 4.78 is 23.4. The van der Waals surface area contributed by atoms with Gasteiger partial charge in [0.1, 0.15) is 5.52 Å². The van der Waals surface area contributed by atoms with E-state index in [0.717, 1.165) is 0 Å². The summed E-state index contributed by atoms with van der Waals surface area (Å²) >= 11 is 0. The molecule has 1 atom stereocenters. The van der Waals surface area contributed by atoms with Crippen molar-refractivity contribution >= 4 is 27.9 Å². The molecule has 1 heterocycles. The largest absolute Gasteiger partial charge is 0.465 e. The normalized spacial score (nSPS) is 12.0. The Kier molecular flexibility index (Phi) is 4.56. The maximum Gasteiger partial charge on any atom is 0.338 e. The molecule has 0 amide bonds. The topological polar surface area (TPSA) is 69.4 Å². The molecule has 0 radical (unpaired) electrons. The number of ether oxygens (including phenoxy) is 1. The fourth-order valence-electron chi connectivity index (χ4n) is 2.77. The number of hydrogen-bond donors (Lipinski definition) is 0. The lowest BCUT2D eigenvalue weighted by atomic mass is 10.1. The van der Waals surface area contributed by atoms with Crippen LogP contribution < -0.4 is 0 Å². The van der Waals surface area contributed by atoms with Crippen LogP contribution in [-0.4, -0.2) is 22.3 Å². The monoisotopic (exact) mass is 377 g/mol. The minimum atomic E-state index is -1.31. The van der Waals surface area contributed by atoms with Crippen LogP contribution in [-0.2, 0) is 15.5 Å². The van der Waals surface area contributed by atoms with Gasteiger partial charge in [0.2, 0.25) is 5.89 Å². The minimum absolute atomic E-state index is 0.314. The number of benzene rings is 3. The quantitative estimate of drug-likeness (QED) is 0.492. The average molecular weight is 377 g/mol. The van der Waals surface area contributed by atoms with Gasteiger partial charge in [-0.3, -0.25) is 0 Å². The highest BCUT2D eigenvalue weighted by atomic mass is 32.2. The zero-order chi connectivity index (χ0) is 18.8. The molecule has 0 fully saturated rings. The lowest BCUT2D eigenvalue weighted by Crippen LogP contribution is -2.03. The van der Waals surface area contributed by atoms with E-state index in [0.29, 0.717) is 37.9 Å². The second kappa shape index (κ2) is 7.17. The van der Waals surface area contributed by atoms with Crippen LogP contribution in [0.5, 0.6) is 0 Å². The van der Waals surface area contributed by atoms with Gasteiger partial charge in [0.15, 0.2) is 5.58 Å². The molecule has 0 N–H and O–H groups in total. The molecule has 6 heteroatoms. The molecule has 0 bridgehead atoms. The zero-order valence-corrected chi connectivity index (χ0v) is 15.2. The Hall–Kier alpha value is -3.25. The van der Waals surface area contributed by atoms with Crippen LogP contribution in [0.4, 0.5) is 0 Å². The molecule has 0 aliphatic rings. The molecular formula is C21H15NO4S. The van der Waals surface area contributed by atoms with Gasteiger partial charge in [0.25, 0.3) is 0 Å². The van der Waals surface area contributed by atoms with Crippen LogP contribution >= 0.6 is 0 Å². The Bertz CT molecular complexity index is 1150. The van der Waals surface area contributed by atoms with Crippen molar-refractivity contribution in [3.63, 3.8) is 0 Å². The molecule has 3 aromatic carbocycles. The van der Waals surface area contributed by atoms with Gasteiger partial charge in [-0.2, -0.15) is 0 Å². The SMILES string of the molecule is COC(=O)c1ccccc1-c1nc2ccc(S(=O)c3ccccc3)cc2o1.